The number of alkyl halides is 2. The SMILES string of the molecule is CCCCCO[C@H]1CC[C@H](NC(=O)c2ccn3c(C(F)F)cc(C)nc23)CC1. The maximum atomic E-state index is 13.3. The Morgan fingerprint density at radius 1 is 1.32 bits per heavy atom. The van der Waals surface area contributed by atoms with Gasteiger partial charge in [0.1, 0.15) is 5.65 Å². The lowest BCUT2D eigenvalue weighted by Crippen LogP contribution is -2.39. The number of carbonyl (C=O) groups is 1. The first-order chi connectivity index (χ1) is 13.5. The number of rotatable bonds is 8. The number of amides is 1. The van der Waals surface area contributed by atoms with Gasteiger partial charge in [-0.1, -0.05) is 19.8 Å². The van der Waals surface area contributed by atoms with E-state index in [1.807, 2.05) is 0 Å². The van der Waals surface area contributed by atoms with Crippen LogP contribution in [0.3, 0.4) is 0 Å². The Morgan fingerprint density at radius 3 is 2.75 bits per heavy atom. The molecule has 5 nitrogen and oxygen atoms in total. The standard InChI is InChI=1S/C21H29F2N3O2/c1-3-4-5-12-28-16-8-6-15(7-9-16)25-21(27)17-10-11-26-18(19(22)23)13-14(2)24-20(17)26/h10-11,13,15-16,19H,3-9,12H2,1-2H3,(H,25,27)/t15-,16-. The average molecular weight is 393 g/mol. The molecule has 1 N–H and O–H groups in total. The minimum Gasteiger partial charge on any atom is -0.378 e. The van der Waals surface area contributed by atoms with Gasteiger partial charge in [-0.2, -0.15) is 0 Å². The highest BCUT2D eigenvalue weighted by molar-refractivity contribution is 6.00. The molecule has 1 amide bonds. The summed E-state index contributed by atoms with van der Waals surface area (Å²) in [6.45, 7) is 4.64. The van der Waals surface area contributed by atoms with Crippen LogP contribution in [0.5, 0.6) is 0 Å². The van der Waals surface area contributed by atoms with Crippen molar-refractivity contribution in [3.63, 3.8) is 0 Å². The second-order valence-electron chi connectivity index (χ2n) is 7.57. The number of nitrogens with zero attached hydrogens (tertiary/aromatic N) is 2. The van der Waals surface area contributed by atoms with Gasteiger partial charge in [-0.25, -0.2) is 13.8 Å². The molecule has 3 rings (SSSR count). The van der Waals surface area contributed by atoms with E-state index >= 15 is 0 Å². The summed E-state index contributed by atoms with van der Waals surface area (Å²) in [4.78, 5) is 17.0. The van der Waals surface area contributed by atoms with Crippen LogP contribution in [-0.2, 0) is 4.74 Å². The fourth-order valence-electron chi connectivity index (χ4n) is 3.81. The third-order valence-electron chi connectivity index (χ3n) is 5.36. The summed E-state index contributed by atoms with van der Waals surface area (Å²) >= 11 is 0. The lowest BCUT2D eigenvalue weighted by molar-refractivity contribution is 0.0205. The number of aromatic nitrogens is 2. The van der Waals surface area contributed by atoms with Crippen molar-refractivity contribution in [1.82, 2.24) is 14.7 Å². The Balaban J connectivity index is 1.59. The molecule has 0 radical (unpaired) electrons. The summed E-state index contributed by atoms with van der Waals surface area (Å²) in [6.07, 6.45) is 6.21. The maximum Gasteiger partial charge on any atom is 0.278 e. The van der Waals surface area contributed by atoms with E-state index in [9.17, 15) is 13.6 Å². The number of carbonyl (C=O) groups excluding carboxylic acids is 1. The lowest BCUT2D eigenvalue weighted by Gasteiger charge is -2.29. The van der Waals surface area contributed by atoms with Crippen molar-refractivity contribution >= 4 is 11.6 Å². The molecular weight excluding hydrogens is 364 g/mol. The average Bonchev–Trinajstić information content (AvgIpc) is 3.09. The van der Waals surface area contributed by atoms with E-state index in [2.05, 4.69) is 17.2 Å². The molecule has 2 aromatic heterocycles. The Kier molecular flexibility index (Phi) is 6.99. The first-order valence-electron chi connectivity index (χ1n) is 10.2. The zero-order valence-corrected chi connectivity index (χ0v) is 16.6. The van der Waals surface area contributed by atoms with Gasteiger partial charge in [-0.05, 0) is 51.2 Å². The normalized spacial score (nSPS) is 20.0. The van der Waals surface area contributed by atoms with E-state index in [0.29, 0.717) is 11.3 Å². The van der Waals surface area contributed by atoms with Gasteiger partial charge in [0.2, 0.25) is 0 Å². The quantitative estimate of drug-likeness (QED) is 0.654. The van der Waals surface area contributed by atoms with Gasteiger partial charge in [0.25, 0.3) is 12.3 Å². The second kappa shape index (κ2) is 9.45. The van der Waals surface area contributed by atoms with E-state index in [1.54, 1.807) is 13.0 Å². The topological polar surface area (TPSA) is 55.6 Å². The summed E-state index contributed by atoms with van der Waals surface area (Å²) in [7, 11) is 0. The minimum absolute atomic E-state index is 0.0809. The number of nitrogens with one attached hydrogen (secondary N) is 1. The molecule has 1 aliphatic carbocycles. The molecule has 0 aromatic carbocycles. The summed E-state index contributed by atoms with van der Waals surface area (Å²) in [5, 5.41) is 3.04. The highest BCUT2D eigenvalue weighted by Gasteiger charge is 2.25. The molecular formula is C21H29F2N3O2. The Labute approximate surface area is 164 Å². The van der Waals surface area contributed by atoms with Gasteiger partial charge < -0.3 is 10.1 Å². The molecule has 2 heterocycles. The molecule has 154 valence electrons. The van der Waals surface area contributed by atoms with E-state index in [1.165, 1.54) is 29.5 Å². The molecule has 1 aliphatic rings. The largest absolute Gasteiger partial charge is 0.378 e. The number of aryl methyl sites for hydroxylation is 1. The van der Waals surface area contributed by atoms with Crippen LogP contribution in [0.15, 0.2) is 18.3 Å². The van der Waals surface area contributed by atoms with Crippen molar-refractivity contribution < 1.29 is 18.3 Å². The van der Waals surface area contributed by atoms with Crippen molar-refractivity contribution in [2.75, 3.05) is 6.61 Å². The Hall–Kier alpha value is -2.02. The predicted molar refractivity (Wildman–Crippen MR) is 104 cm³/mol. The number of halogens is 2. The van der Waals surface area contributed by atoms with Crippen LogP contribution in [-0.4, -0.2) is 34.0 Å². The number of hydrogen-bond acceptors (Lipinski definition) is 3. The number of ether oxygens (including phenoxy) is 1. The van der Waals surface area contributed by atoms with Crippen LogP contribution in [0, 0.1) is 6.92 Å². The third kappa shape index (κ3) is 4.87. The van der Waals surface area contributed by atoms with E-state index in [-0.39, 0.29) is 29.4 Å². The van der Waals surface area contributed by atoms with Gasteiger partial charge in [-0.3, -0.25) is 9.20 Å². The summed E-state index contributed by atoms with van der Waals surface area (Å²) in [6, 6.07) is 2.99. The smallest absolute Gasteiger partial charge is 0.278 e. The third-order valence-corrected chi connectivity index (χ3v) is 5.36. The van der Waals surface area contributed by atoms with Crippen LogP contribution in [0.2, 0.25) is 0 Å². The minimum atomic E-state index is -2.62. The summed E-state index contributed by atoms with van der Waals surface area (Å²) in [5.74, 6) is -0.256. The summed E-state index contributed by atoms with van der Waals surface area (Å²) in [5.41, 5.74) is 0.933. The van der Waals surface area contributed by atoms with Gasteiger partial charge >= 0.3 is 0 Å². The van der Waals surface area contributed by atoms with Crippen LogP contribution >= 0.6 is 0 Å². The zero-order valence-electron chi connectivity index (χ0n) is 16.6. The highest BCUT2D eigenvalue weighted by Crippen LogP contribution is 2.25. The Morgan fingerprint density at radius 2 is 2.07 bits per heavy atom. The van der Waals surface area contributed by atoms with Crippen molar-refractivity contribution in [3.8, 4) is 0 Å². The monoisotopic (exact) mass is 393 g/mol. The van der Waals surface area contributed by atoms with E-state index in [4.69, 9.17) is 4.74 Å². The highest BCUT2D eigenvalue weighted by atomic mass is 19.3. The molecule has 0 saturated heterocycles. The molecule has 28 heavy (non-hydrogen) atoms. The van der Waals surface area contributed by atoms with Crippen LogP contribution in [0.25, 0.3) is 5.65 Å². The second-order valence-corrected chi connectivity index (χ2v) is 7.57. The van der Waals surface area contributed by atoms with Crippen molar-refractivity contribution in [3.05, 3.63) is 35.3 Å². The van der Waals surface area contributed by atoms with Gasteiger partial charge in [0.15, 0.2) is 0 Å². The van der Waals surface area contributed by atoms with Crippen molar-refractivity contribution in [2.24, 2.45) is 0 Å². The van der Waals surface area contributed by atoms with Crippen LogP contribution in [0.4, 0.5) is 8.78 Å². The lowest BCUT2D eigenvalue weighted by atomic mass is 9.92. The van der Waals surface area contributed by atoms with Crippen LogP contribution in [0.1, 0.15) is 80.0 Å². The van der Waals surface area contributed by atoms with Gasteiger partial charge in [-0.15, -0.1) is 0 Å². The number of unbranched alkanes of at least 4 members (excludes halogenated alkanes) is 2. The summed E-state index contributed by atoms with van der Waals surface area (Å²) < 4.78 is 33.8. The molecule has 0 bridgehead atoms. The number of fused-ring (bicyclic) bond motifs is 1. The van der Waals surface area contributed by atoms with E-state index < -0.39 is 6.43 Å². The first-order valence-corrected chi connectivity index (χ1v) is 10.2. The zero-order chi connectivity index (χ0) is 20.1. The Bertz CT molecular complexity index is 798. The molecule has 7 heteroatoms. The molecule has 1 fully saturated rings. The van der Waals surface area contributed by atoms with Crippen molar-refractivity contribution in [2.45, 2.75) is 77.4 Å². The van der Waals surface area contributed by atoms with E-state index in [0.717, 1.165) is 38.7 Å². The fourth-order valence-corrected chi connectivity index (χ4v) is 3.81. The van der Waals surface area contributed by atoms with Gasteiger partial charge in [0, 0.05) is 24.5 Å². The molecule has 0 aliphatic heterocycles. The molecule has 1 saturated carbocycles. The molecule has 0 unspecified atom stereocenters. The van der Waals surface area contributed by atoms with Gasteiger partial charge in [0.05, 0.1) is 17.4 Å². The number of hydrogen-bond donors (Lipinski definition) is 1. The molecule has 2 aromatic rings. The van der Waals surface area contributed by atoms with Crippen LogP contribution < -0.4 is 5.32 Å². The van der Waals surface area contributed by atoms with Crippen molar-refractivity contribution in [1.29, 1.82) is 0 Å². The molecule has 0 spiro atoms. The fraction of sp³-hybridized carbons (Fsp3) is 0.619. The first kappa shape index (κ1) is 20.7. The molecule has 0 atom stereocenters. The predicted octanol–water partition coefficient (Wildman–Crippen LogP) is 4.83. The maximum absolute atomic E-state index is 13.3.